The zero-order valence-corrected chi connectivity index (χ0v) is 7.42. The van der Waals surface area contributed by atoms with Crippen molar-refractivity contribution in [3.63, 3.8) is 0 Å². The highest BCUT2D eigenvalue weighted by atomic mass is 16.6. The highest BCUT2D eigenvalue weighted by Crippen LogP contribution is 2.29. The van der Waals surface area contributed by atoms with Gasteiger partial charge in [0.05, 0.1) is 0 Å². The fourth-order valence-electron chi connectivity index (χ4n) is 0.489. The number of rotatable bonds is 2. The summed E-state index contributed by atoms with van der Waals surface area (Å²) in [6.45, 7) is 6.40. The Hall–Kier alpha value is -0.640. The molecule has 0 rings (SSSR count). The topological polar surface area (TPSA) is 63.4 Å². The minimum atomic E-state index is -1.24. The van der Waals surface area contributed by atoms with Gasteiger partial charge < -0.3 is 5.11 Å². The molecule has 0 fully saturated rings. The van der Waals surface area contributed by atoms with Gasteiger partial charge in [-0.15, -0.1) is 0 Å². The summed E-state index contributed by atoms with van der Waals surface area (Å²) in [5, 5.41) is 19.7. The van der Waals surface area contributed by atoms with E-state index in [4.69, 9.17) is 0 Å². The van der Waals surface area contributed by atoms with E-state index in [9.17, 15) is 15.2 Å². The molecule has 0 aliphatic rings. The molecule has 1 N–H and O–H groups in total. The predicted molar refractivity (Wildman–Crippen MR) is 41.9 cm³/mol. The van der Waals surface area contributed by atoms with Crippen LogP contribution in [0, 0.1) is 15.5 Å². The van der Waals surface area contributed by atoms with E-state index in [1.165, 1.54) is 6.92 Å². The number of nitro groups is 1. The minimum Gasteiger partial charge on any atom is -0.383 e. The van der Waals surface area contributed by atoms with Gasteiger partial charge >= 0.3 is 0 Å². The van der Waals surface area contributed by atoms with Crippen LogP contribution in [0.3, 0.4) is 0 Å². The summed E-state index contributed by atoms with van der Waals surface area (Å²) in [7, 11) is 0. The van der Waals surface area contributed by atoms with E-state index in [0.29, 0.717) is 0 Å². The van der Waals surface area contributed by atoms with E-state index in [1.54, 1.807) is 20.8 Å². The van der Waals surface area contributed by atoms with Crippen LogP contribution in [-0.4, -0.2) is 22.2 Å². The van der Waals surface area contributed by atoms with Gasteiger partial charge in [-0.3, -0.25) is 10.1 Å². The molecule has 4 nitrogen and oxygen atoms in total. The first-order chi connectivity index (χ1) is 4.67. The predicted octanol–water partition coefficient (Wildman–Crippen LogP) is 1.06. The van der Waals surface area contributed by atoms with Crippen molar-refractivity contribution in [3.05, 3.63) is 10.1 Å². The molecule has 66 valence electrons. The lowest BCUT2D eigenvalue weighted by Gasteiger charge is -2.33. The molecule has 0 bridgehead atoms. The lowest BCUT2D eigenvalue weighted by atomic mass is 9.78. The molecule has 0 aliphatic carbocycles. The monoisotopic (exact) mass is 161 g/mol. The Morgan fingerprint density at radius 2 is 1.73 bits per heavy atom. The molecule has 0 spiro atoms. The molecule has 0 aromatic rings. The summed E-state index contributed by atoms with van der Waals surface area (Å²) in [5.41, 5.74) is -1.70. The molecule has 11 heavy (non-hydrogen) atoms. The van der Waals surface area contributed by atoms with Crippen molar-refractivity contribution in [2.45, 2.75) is 33.3 Å². The molecule has 0 heterocycles. The maximum Gasteiger partial charge on any atom is 0.232 e. The van der Waals surface area contributed by atoms with Gasteiger partial charge in [0, 0.05) is 4.92 Å². The summed E-state index contributed by atoms with van der Waals surface area (Å²) in [4.78, 5) is 9.61. The second kappa shape index (κ2) is 2.77. The third-order valence-corrected chi connectivity index (χ3v) is 2.05. The van der Waals surface area contributed by atoms with Gasteiger partial charge in [0.2, 0.25) is 6.54 Å². The van der Waals surface area contributed by atoms with E-state index in [1.807, 2.05) is 0 Å². The lowest BCUT2D eigenvalue weighted by Crippen LogP contribution is -2.45. The summed E-state index contributed by atoms with van der Waals surface area (Å²) < 4.78 is 0. The summed E-state index contributed by atoms with van der Waals surface area (Å²) >= 11 is 0. The number of nitrogens with zero attached hydrogens (tertiary/aromatic N) is 1. The molecule has 1 atom stereocenters. The van der Waals surface area contributed by atoms with Crippen LogP contribution >= 0.6 is 0 Å². The summed E-state index contributed by atoms with van der Waals surface area (Å²) in [6.07, 6.45) is 0. The Morgan fingerprint density at radius 3 is 1.82 bits per heavy atom. The maximum absolute atomic E-state index is 10.1. The van der Waals surface area contributed by atoms with Crippen molar-refractivity contribution in [1.82, 2.24) is 0 Å². The summed E-state index contributed by atoms with van der Waals surface area (Å²) in [5.74, 6) is 0. The second-order valence-corrected chi connectivity index (χ2v) is 4.01. The van der Waals surface area contributed by atoms with Gasteiger partial charge in [-0.25, -0.2) is 0 Å². The third kappa shape index (κ3) is 2.84. The van der Waals surface area contributed by atoms with Gasteiger partial charge in [-0.05, 0) is 12.3 Å². The average Bonchev–Trinajstić information content (AvgIpc) is 1.56. The number of hydrogen-bond donors (Lipinski definition) is 1. The molecule has 0 saturated heterocycles. The van der Waals surface area contributed by atoms with Crippen LogP contribution in [0.4, 0.5) is 0 Å². The van der Waals surface area contributed by atoms with Crippen LogP contribution in [0.2, 0.25) is 0 Å². The quantitative estimate of drug-likeness (QED) is 0.486. The molecule has 0 aliphatic heterocycles. The van der Waals surface area contributed by atoms with Crippen LogP contribution in [0.1, 0.15) is 27.7 Å². The first-order valence-corrected chi connectivity index (χ1v) is 3.51. The highest BCUT2D eigenvalue weighted by molar-refractivity contribution is 4.85. The maximum atomic E-state index is 10.1. The molecule has 4 heteroatoms. The SMILES string of the molecule is CC(C)(C)C(C)(O)C[N+](=O)[O-]. The van der Waals surface area contributed by atoms with Crippen molar-refractivity contribution < 1.29 is 10.0 Å². The van der Waals surface area contributed by atoms with Crippen LogP contribution in [-0.2, 0) is 0 Å². The normalized spacial score (nSPS) is 17.5. The zero-order chi connectivity index (χ0) is 9.28. The van der Waals surface area contributed by atoms with E-state index in [0.717, 1.165) is 0 Å². The fraction of sp³-hybridized carbons (Fsp3) is 1.00. The minimum absolute atomic E-state index is 0.406. The molecule has 0 radical (unpaired) electrons. The second-order valence-electron chi connectivity index (χ2n) is 4.01. The molecular weight excluding hydrogens is 146 g/mol. The largest absolute Gasteiger partial charge is 0.383 e. The molecule has 1 unspecified atom stereocenters. The van der Waals surface area contributed by atoms with Crippen molar-refractivity contribution in [1.29, 1.82) is 0 Å². The van der Waals surface area contributed by atoms with Crippen molar-refractivity contribution in [2.24, 2.45) is 5.41 Å². The molecule has 0 aromatic carbocycles. The molecule has 0 aromatic heterocycles. The Kier molecular flexibility index (Phi) is 2.61. The highest BCUT2D eigenvalue weighted by Gasteiger charge is 2.39. The average molecular weight is 161 g/mol. The van der Waals surface area contributed by atoms with E-state index in [-0.39, 0.29) is 0 Å². The van der Waals surface area contributed by atoms with Crippen molar-refractivity contribution >= 4 is 0 Å². The first-order valence-electron chi connectivity index (χ1n) is 3.51. The van der Waals surface area contributed by atoms with Gasteiger partial charge in [0.15, 0.2) is 0 Å². The van der Waals surface area contributed by atoms with Crippen molar-refractivity contribution in [3.8, 4) is 0 Å². The van der Waals surface area contributed by atoms with Gasteiger partial charge in [-0.2, -0.15) is 0 Å². The Labute approximate surface area is 66.4 Å². The molecule has 0 amide bonds. The van der Waals surface area contributed by atoms with Gasteiger partial charge in [0.1, 0.15) is 5.60 Å². The molecular formula is C7H15NO3. The van der Waals surface area contributed by atoms with Crippen LogP contribution in [0.5, 0.6) is 0 Å². The van der Waals surface area contributed by atoms with Crippen molar-refractivity contribution in [2.75, 3.05) is 6.54 Å². The van der Waals surface area contributed by atoms with E-state index in [2.05, 4.69) is 0 Å². The van der Waals surface area contributed by atoms with Crippen LogP contribution in [0.25, 0.3) is 0 Å². The van der Waals surface area contributed by atoms with E-state index < -0.39 is 22.5 Å². The Balaban J connectivity index is 4.34. The Bertz CT molecular complexity index is 158. The van der Waals surface area contributed by atoms with Crippen LogP contribution in [0.15, 0.2) is 0 Å². The first kappa shape index (κ1) is 10.4. The molecule has 0 saturated carbocycles. The lowest BCUT2D eigenvalue weighted by molar-refractivity contribution is -0.504. The van der Waals surface area contributed by atoms with Gasteiger partial charge in [-0.1, -0.05) is 20.8 Å². The smallest absolute Gasteiger partial charge is 0.232 e. The van der Waals surface area contributed by atoms with E-state index >= 15 is 0 Å². The summed E-state index contributed by atoms with van der Waals surface area (Å²) in [6, 6.07) is 0. The Morgan fingerprint density at radius 1 is 1.36 bits per heavy atom. The third-order valence-electron chi connectivity index (χ3n) is 2.05. The standard InChI is InChI=1S/C7H15NO3/c1-6(2,3)7(4,9)5-8(10)11/h9H,5H2,1-4H3. The number of aliphatic hydroxyl groups is 1. The van der Waals surface area contributed by atoms with Crippen LogP contribution < -0.4 is 0 Å². The number of hydrogen-bond acceptors (Lipinski definition) is 3. The fourth-order valence-corrected chi connectivity index (χ4v) is 0.489. The van der Waals surface area contributed by atoms with Gasteiger partial charge in [0.25, 0.3) is 0 Å². The zero-order valence-electron chi connectivity index (χ0n) is 7.42.